The van der Waals surface area contributed by atoms with Gasteiger partial charge in [0.15, 0.2) is 0 Å². The van der Waals surface area contributed by atoms with Crippen LogP contribution in [-0.2, 0) is 14.8 Å². The number of nitrogens with zero attached hydrogens (tertiary/aromatic N) is 1. The first kappa shape index (κ1) is 21.3. The molecular weight excluding hydrogens is 388 g/mol. The van der Waals surface area contributed by atoms with E-state index in [1.165, 1.54) is 4.31 Å². The van der Waals surface area contributed by atoms with Gasteiger partial charge in [-0.05, 0) is 60.7 Å². The summed E-state index contributed by atoms with van der Waals surface area (Å²) < 4.78 is 32.4. The maximum Gasteiger partial charge on any atom is 0.243 e. The molecule has 0 unspecified atom stereocenters. The number of rotatable bonds is 6. The predicted molar refractivity (Wildman–Crippen MR) is 114 cm³/mol. The molecule has 0 aromatic heterocycles. The summed E-state index contributed by atoms with van der Waals surface area (Å²) >= 11 is 0. The van der Waals surface area contributed by atoms with Crippen molar-refractivity contribution in [2.75, 3.05) is 25.5 Å². The maximum absolute atomic E-state index is 12.9. The van der Waals surface area contributed by atoms with E-state index in [1.54, 1.807) is 43.5 Å². The molecule has 1 aliphatic rings. The van der Waals surface area contributed by atoms with Crippen LogP contribution >= 0.6 is 0 Å². The number of carbonyl (C=O) groups excluding carboxylic acids is 1. The van der Waals surface area contributed by atoms with Gasteiger partial charge in [0, 0.05) is 24.7 Å². The number of piperidine rings is 1. The summed E-state index contributed by atoms with van der Waals surface area (Å²) in [7, 11) is -1.94. The Bertz CT molecular complexity index is 930. The highest BCUT2D eigenvalue weighted by atomic mass is 32.2. The van der Waals surface area contributed by atoms with Crippen LogP contribution in [0.3, 0.4) is 0 Å². The third-order valence-electron chi connectivity index (χ3n) is 5.37. The molecule has 2 aromatic carbocycles. The van der Waals surface area contributed by atoms with Crippen LogP contribution in [0.5, 0.6) is 5.75 Å². The van der Waals surface area contributed by atoms with E-state index in [2.05, 4.69) is 19.2 Å². The van der Waals surface area contributed by atoms with Gasteiger partial charge < -0.3 is 10.1 Å². The largest absolute Gasteiger partial charge is 0.497 e. The molecule has 0 spiro atoms. The van der Waals surface area contributed by atoms with Crippen LogP contribution in [0.15, 0.2) is 53.4 Å². The number of anilines is 1. The third-order valence-corrected chi connectivity index (χ3v) is 7.28. The molecule has 156 valence electrons. The van der Waals surface area contributed by atoms with Crippen molar-refractivity contribution in [3.63, 3.8) is 0 Å². The SMILES string of the molecule is COc1ccc(NC(=O)C2CCN(S(=O)(=O)c3ccc(C(C)C)cc3)CC2)cc1. The highest BCUT2D eigenvalue weighted by Crippen LogP contribution is 2.26. The molecule has 0 radical (unpaired) electrons. The Morgan fingerprint density at radius 3 is 2.14 bits per heavy atom. The highest BCUT2D eigenvalue weighted by molar-refractivity contribution is 7.89. The number of sulfonamides is 1. The molecule has 0 saturated carbocycles. The van der Waals surface area contributed by atoms with E-state index in [0.717, 1.165) is 11.3 Å². The first-order valence-corrected chi connectivity index (χ1v) is 11.3. The van der Waals surface area contributed by atoms with E-state index in [1.807, 2.05) is 12.1 Å². The second kappa shape index (κ2) is 8.97. The molecule has 0 atom stereocenters. The predicted octanol–water partition coefficient (Wildman–Crippen LogP) is 3.86. The molecule has 1 N–H and O–H groups in total. The van der Waals surface area contributed by atoms with Crippen molar-refractivity contribution >= 4 is 21.6 Å². The highest BCUT2D eigenvalue weighted by Gasteiger charge is 2.32. The molecule has 1 aliphatic heterocycles. The summed E-state index contributed by atoms with van der Waals surface area (Å²) in [6.45, 7) is 4.83. The van der Waals surface area contributed by atoms with Gasteiger partial charge in [-0.3, -0.25) is 4.79 Å². The summed E-state index contributed by atoms with van der Waals surface area (Å²) in [4.78, 5) is 12.8. The smallest absolute Gasteiger partial charge is 0.243 e. The molecule has 3 rings (SSSR count). The minimum atomic E-state index is -3.53. The number of carbonyl (C=O) groups is 1. The molecule has 7 heteroatoms. The lowest BCUT2D eigenvalue weighted by atomic mass is 9.97. The van der Waals surface area contributed by atoms with Gasteiger partial charge in [-0.1, -0.05) is 26.0 Å². The molecule has 2 aromatic rings. The van der Waals surface area contributed by atoms with Gasteiger partial charge in [0.05, 0.1) is 12.0 Å². The van der Waals surface area contributed by atoms with Crippen LogP contribution in [0.4, 0.5) is 5.69 Å². The second-order valence-corrected chi connectivity index (χ2v) is 9.56. The number of nitrogens with one attached hydrogen (secondary N) is 1. The van der Waals surface area contributed by atoms with E-state index >= 15 is 0 Å². The van der Waals surface area contributed by atoms with Gasteiger partial charge in [0.25, 0.3) is 0 Å². The van der Waals surface area contributed by atoms with Gasteiger partial charge in [-0.15, -0.1) is 0 Å². The molecule has 6 nitrogen and oxygen atoms in total. The summed E-state index contributed by atoms with van der Waals surface area (Å²) in [5.41, 5.74) is 1.81. The average molecular weight is 417 g/mol. The van der Waals surface area contributed by atoms with Gasteiger partial charge in [0.1, 0.15) is 5.75 Å². The van der Waals surface area contributed by atoms with Crippen molar-refractivity contribution in [3.05, 3.63) is 54.1 Å². The zero-order chi connectivity index (χ0) is 21.0. The summed E-state index contributed by atoms with van der Waals surface area (Å²) in [5.74, 6) is 0.801. The Morgan fingerprint density at radius 2 is 1.62 bits per heavy atom. The summed E-state index contributed by atoms with van der Waals surface area (Å²) in [6.07, 6.45) is 1.01. The quantitative estimate of drug-likeness (QED) is 0.776. The normalized spacial score (nSPS) is 16.0. The van der Waals surface area contributed by atoms with E-state index in [4.69, 9.17) is 4.74 Å². The zero-order valence-electron chi connectivity index (χ0n) is 17.1. The minimum Gasteiger partial charge on any atom is -0.497 e. The number of methoxy groups -OCH3 is 1. The van der Waals surface area contributed by atoms with Crippen LogP contribution in [0, 0.1) is 5.92 Å². The van der Waals surface area contributed by atoms with Gasteiger partial charge in [0.2, 0.25) is 15.9 Å². The first-order valence-electron chi connectivity index (χ1n) is 9.86. The zero-order valence-corrected chi connectivity index (χ0v) is 17.9. The second-order valence-electron chi connectivity index (χ2n) is 7.62. The molecular formula is C22H28N2O4S. The Labute approximate surface area is 172 Å². The fourth-order valence-corrected chi connectivity index (χ4v) is 4.92. The number of amides is 1. The van der Waals surface area contributed by atoms with Crippen molar-refractivity contribution in [2.45, 2.75) is 37.5 Å². The van der Waals surface area contributed by atoms with Crippen LogP contribution in [0.1, 0.15) is 38.2 Å². The van der Waals surface area contributed by atoms with E-state index in [9.17, 15) is 13.2 Å². The molecule has 1 saturated heterocycles. The van der Waals surface area contributed by atoms with Crippen molar-refractivity contribution < 1.29 is 17.9 Å². The molecule has 29 heavy (non-hydrogen) atoms. The lowest BCUT2D eigenvalue weighted by Crippen LogP contribution is -2.41. The molecule has 1 heterocycles. The number of benzene rings is 2. The minimum absolute atomic E-state index is 0.0755. The molecule has 0 aliphatic carbocycles. The van der Waals surface area contributed by atoms with Crippen molar-refractivity contribution in [1.29, 1.82) is 0 Å². The van der Waals surface area contributed by atoms with Crippen molar-refractivity contribution in [3.8, 4) is 5.75 Å². The molecule has 0 bridgehead atoms. The fraction of sp³-hybridized carbons (Fsp3) is 0.409. The van der Waals surface area contributed by atoms with Gasteiger partial charge in [-0.25, -0.2) is 8.42 Å². The van der Waals surface area contributed by atoms with Gasteiger partial charge >= 0.3 is 0 Å². The Kier molecular flexibility index (Phi) is 6.59. The fourth-order valence-electron chi connectivity index (χ4n) is 3.45. The Hall–Kier alpha value is -2.38. The van der Waals surface area contributed by atoms with Crippen LogP contribution < -0.4 is 10.1 Å². The summed E-state index contributed by atoms with van der Waals surface area (Å²) in [6, 6.07) is 14.2. The van der Waals surface area contributed by atoms with Gasteiger partial charge in [-0.2, -0.15) is 4.31 Å². The lowest BCUT2D eigenvalue weighted by molar-refractivity contribution is -0.120. The van der Waals surface area contributed by atoms with E-state index < -0.39 is 10.0 Å². The first-order chi connectivity index (χ1) is 13.8. The van der Waals surface area contributed by atoms with Crippen molar-refractivity contribution in [1.82, 2.24) is 4.31 Å². The third kappa shape index (κ3) is 4.97. The lowest BCUT2D eigenvalue weighted by Gasteiger charge is -2.30. The Morgan fingerprint density at radius 1 is 1.03 bits per heavy atom. The summed E-state index contributed by atoms with van der Waals surface area (Å²) in [5, 5.41) is 2.90. The topological polar surface area (TPSA) is 75.7 Å². The maximum atomic E-state index is 12.9. The average Bonchev–Trinajstić information content (AvgIpc) is 2.74. The molecule has 1 amide bonds. The van der Waals surface area contributed by atoms with Crippen LogP contribution in [-0.4, -0.2) is 38.8 Å². The standard InChI is InChI=1S/C22H28N2O4S/c1-16(2)17-4-10-21(11-5-17)29(26,27)24-14-12-18(13-15-24)22(25)23-19-6-8-20(28-3)9-7-19/h4-11,16,18H,12-15H2,1-3H3,(H,23,25). The Balaban J connectivity index is 1.59. The van der Waals surface area contributed by atoms with Crippen LogP contribution in [0.2, 0.25) is 0 Å². The molecule has 1 fully saturated rings. The number of ether oxygens (including phenoxy) is 1. The van der Waals surface area contributed by atoms with Crippen molar-refractivity contribution in [2.24, 2.45) is 5.92 Å². The monoisotopic (exact) mass is 416 g/mol. The number of hydrogen-bond donors (Lipinski definition) is 1. The van der Waals surface area contributed by atoms with Crippen LogP contribution in [0.25, 0.3) is 0 Å². The number of hydrogen-bond acceptors (Lipinski definition) is 4. The van der Waals surface area contributed by atoms with E-state index in [0.29, 0.717) is 42.4 Å². The van der Waals surface area contributed by atoms with E-state index in [-0.39, 0.29) is 11.8 Å².